The van der Waals surface area contributed by atoms with Gasteiger partial charge in [0.05, 0.1) is 5.69 Å². The van der Waals surface area contributed by atoms with Crippen LogP contribution in [0.15, 0.2) is 36.4 Å². The van der Waals surface area contributed by atoms with Gasteiger partial charge in [-0.3, -0.25) is 0 Å². The van der Waals surface area contributed by atoms with Crippen molar-refractivity contribution in [3.8, 4) is 11.3 Å². The molecule has 0 fully saturated rings. The predicted octanol–water partition coefficient (Wildman–Crippen LogP) is 1.97. The number of aromatic nitrogens is 4. The van der Waals surface area contributed by atoms with Gasteiger partial charge in [0.25, 0.3) is 0 Å². The first-order valence-electron chi connectivity index (χ1n) is 5.44. The van der Waals surface area contributed by atoms with E-state index in [0.29, 0.717) is 11.6 Å². The molecule has 2 heterocycles. The molecule has 0 aliphatic rings. The third-order valence-corrected chi connectivity index (χ3v) is 2.63. The van der Waals surface area contributed by atoms with E-state index in [0.717, 1.165) is 11.3 Å². The minimum atomic E-state index is -0.264. The van der Waals surface area contributed by atoms with Gasteiger partial charge in [0.1, 0.15) is 5.82 Å². The predicted molar refractivity (Wildman–Crippen MR) is 65.7 cm³/mol. The van der Waals surface area contributed by atoms with E-state index < -0.39 is 0 Å². The number of rotatable bonds is 2. The topological polar surface area (TPSA) is 55.1 Å². The van der Waals surface area contributed by atoms with E-state index in [1.165, 1.54) is 12.1 Å². The van der Waals surface area contributed by atoms with E-state index in [9.17, 15) is 4.39 Å². The van der Waals surface area contributed by atoms with E-state index >= 15 is 0 Å². The molecule has 0 atom stereocenters. The average molecular weight is 243 g/mol. The molecule has 0 saturated heterocycles. The van der Waals surface area contributed by atoms with Crippen LogP contribution in [0, 0.1) is 5.82 Å². The number of nitrogens with one attached hydrogen (secondary N) is 1. The van der Waals surface area contributed by atoms with Crippen LogP contribution >= 0.6 is 0 Å². The molecule has 18 heavy (non-hydrogen) atoms. The fourth-order valence-corrected chi connectivity index (χ4v) is 1.72. The Morgan fingerprint density at radius 1 is 1.06 bits per heavy atom. The molecule has 90 valence electrons. The van der Waals surface area contributed by atoms with Gasteiger partial charge >= 0.3 is 0 Å². The minimum absolute atomic E-state index is 0.264. The first-order chi connectivity index (χ1) is 8.78. The Kier molecular flexibility index (Phi) is 2.40. The molecule has 3 rings (SSSR count). The van der Waals surface area contributed by atoms with Crippen molar-refractivity contribution < 1.29 is 4.39 Å². The summed E-state index contributed by atoms with van der Waals surface area (Å²) >= 11 is 0. The first-order valence-corrected chi connectivity index (χ1v) is 5.44. The maximum absolute atomic E-state index is 12.9. The zero-order valence-corrected chi connectivity index (χ0v) is 9.63. The van der Waals surface area contributed by atoms with Crippen molar-refractivity contribution in [1.82, 2.24) is 19.8 Å². The second-order valence-corrected chi connectivity index (χ2v) is 3.77. The molecule has 5 nitrogen and oxygen atoms in total. The van der Waals surface area contributed by atoms with Crippen LogP contribution < -0.4 is 5.32 Å². The molecule has 1 N–H and O–H groups in total. The van der Waals surface area contributed by atoms with Crippen LogP contribution in [0.25, 0.3) is 16.9 Å². The molecule has 2 aromatic heterocycles. The lowest BCUT2D eigenvalue weighted by molar-refractivity contribution is 0.628. The summed E-state index contributed by atoms with van der Waals surface area (Å²) in [6.07, 6.45) is 0. The molecule has 0 aliphatic heterocycles. The minimum Gasteiger partial charge on any atom is -0.356 e. The summed E-state index contributed by atoms with van der Waals surface area (Å²) in [4.78, 5) is 0. The number of halogens is 1. The summed E-state index contributed by atoms with van der Waals surface area (Å²) in [6.45, 7) is 0. The van der Waals surface area contributed by atoms with E-state index in [2.05, 4.69) is 20.6 Å². The number of benzene rings is 1. The fraction of sp³-hybridized carbons (Fsp3) is 0.0833. The largest absolute Gasteiger partial charge is 0.356 e. The Balaban J connectivity index is 2.14. The molecule has 0 radical (unpaired) electrons. The van der Waals surface area contributed by atoms with E-state index in [4.69, 9.17) is 0 Å². The standard InChI is InChI=1S/C12H10FN5/c1-14-12-16-15-11-7-6-10(17-18(11)12)8-2-4-9(13)5-3-8/h2-7H,1H3,(H,14,16). The van der Waals surface area contributed by atoms with Crippen molar-refractivity contribution in [2.45, 2.75) is 0 Å². The molecular formula is C12H10FN5. The number of fused-ring (bicyclic) bond motifs is 1. The Morgan fingerprint density at radius 2 is 1.83 bits per heavy atom. The van der Waals surface area contributed by atoms with Gasteiger partial charge in [0, 0.05) is 12.6 Å². The summed E-state index contributed by atoms with van der Waals surface area (Å²) in [7, 11) is 1.75. The van der Waals surface area contributed by atoms with Crippen molar-refractivity contribution in [2.75, 3.05) is 12.4 Å². The molecule has 0 saturated carbocycles. The van der Waals surface area contributed by atoms with Gasteiger partial charge in [-0.25, -0.2) is 4.39 Å². The van der Waals surface area contributed by atoms with Crippen LogP contribution in [0.2, 0.25) is 0 Å². The number of hydrogen-bond acceptors (Lipinski definition) is 4. The highest BCUT2D eigenvalue weighted by Gasteiger charge is 2.07. The molecule has 0 bridgehead atoms. The number of hydrogen-bond donors (Lipinski definition) is 1. The second-order valence-electron chi connectivity index (χ2n) is 3.77. The van der Waals surface area contributed by atoms with Crippen LogP contribution in [0.1, 0.15) is 0 Å². The maximum atomic E-state index is 12.9. The highest BCUT2D eigenvalue weighted by Crippen LogP contribution is 2.18. The van der Waals surface area contributed by atoms with Crippen LogP contribution in [0.3, 0.4) is 0 Å². The Morgan fingerprint density at radius 3 is 2.56 bits per heavy atom. The van der Waals surface area contributed by atoms with Gasteiger partial charge in [-0.05, 0) is 36.4 Å². The highest BCUT2D eigenvalue weighted by molar-refractivity contribution is 5.60. The zero-order chi connectivity index (χ0) is 12.5. The smallest absolute Gasteiger partial charge is 0.245 e. The summed E-state index contributed by atoms with van der Waals surface area (Å²) in [5, 5.41) is 15.2. The summed E-state index contributed by atoms with van der Waals surface area (Å²) in [5.74, 6) is 0.300. The van der Waals surface area contributed by atoms with Gasteiger partial charge in [-0.1, -0.05) is 0 Å². The SMILES string of the molecule is CNc1nnc2ccc(-c3ccc(F)cc3)nn12. The average Bonchev–Trinajstić information content (AvgIpc) is 2.81. The van der Waals surface area contributed by atoms with Gasteiger partial charge in [-0.2, -0.15) is 9.61 Å². The third kappa shape index (κ3) is 1.67. The van der Waals surface area contributed by atoms with Crippen LogP contribution in [-0.4, -0.2) is 26.9 Å². The second kappa shape index (κ2) is 4.06. The number of nitrogens with zero attached hydrogens (tertiary/aromatic N) is 4. The lowest BCUT2D eigenvalue weighted by atomic mass is 10.1. The van der Waals surface area contributed by atoms with E-state index in [1.54, 1.807) is 23.7 Å². The molecule has 0 spiro atoms. The van der Waals surface area contributed by atoms with Crippen LogP contribution in [0.4, 0.5) is 10.3 Å². The van der Waals surface area contributed by atoms with E-state index in [1.807, 2.05) is 12.1 Å². The number of anilines is 1. The first kappa shape index (κ1) is 10.6. The normalized spacial score (nSPS) is 10.8. The van der Waals surface area contributed by atoms with Crippen molar-refractivity contribution in [3.05, 3.63) is 42.2 Å². The molecule has 0 aliphatic carbocycles. The quantitative estimate of drug-likeness (QED) is 0.747. The molecule has 0 amide bonds. The van der Waals surface area contributed by atoms with Gasteiger partial charge < -0.3 is 5.32 Å². The molecule has 1 aromatic carbocycles. The van der Waals surface area contributed by atoms with E-state index in [-0.39, 0.29) is 5.82 Å². The lowest BCUT2D eigenvalue weighted by Gasteiger charge is -2.02. The third-order valence-electron chi connectivity index (χ3n) is 2.63. The summed E-state index contributed by atoms with van der Waals surface area (Å²) in [5.41, 5.74) is 2.23. The lowest BCUT2D eigenvalue weighted by Crippen LogP contribution is -2.00. The molecule has 0 unspecified atom stereocenters. The monoisotopic (exact) mass is 243 g/mol. The zero-order valence-electron chi connectivity index (χ0n) is 9.63. The van der Waals surface area contributed by atoms with Crippen LogP contribution in [-0.2, 0) is 0 Å². The Bertz CT molecular complexity index is 689. The van der Waals surface area contributed by atoms with Gasteiger partial charge in [0.2, 0.25) is 5.95 Å². The fourth-order valence-electron chi connectivity index (χ4n) is 1.72. The molecular weight excluding hydrogens is 233 g/mol. The summed E-state index contributed by atoms with van der Waals surface area (Å²) < 4.78 is 14.5. The summed E-state index contributed by atoms with van der Waals surface area (Å²) in [6, 6.07) is 9.84. The maximum Gasteiger partial charge on any atom is 0.245 e. The Hall–Kier alpha value is -2.50. The van der Waals surface area contributed by atoms with Crippen LogP contribution in [0.5, 0.6) is 0 Å². The van der Waals surface area contributed by atoms with Crippen molar-refractivity contribution in [3.63, 3.8) is 0 Å². The van der Waals surface area contributed by atoms with Crippen molar-refractivity contribution >= 4 is 11.6 Å². The van der Waals surface area contributed by atoms with Crippen molar-refractivity contribution in [2.24, 2.45) is 0 Å². The highest BCUT2D eigenvalue weighted by atomic mass is 19.1. The van der Waals surface area contributed by atoms with Gasteiger partial charge in [-0.15, -0.1) is 10.2 Å². The molecule has 6 heteroatoms. The Labute approximate surface area is 102 Å². The van der Waals surface area contributed by atoms with Gasteiger partial charge in [0.15, 0.2) is 5.65 Å². The molecule has 3 aromatic rings. The van der Waals surface area contributed by atoms with Crippen molar-refractivity contribution in [1.29, 1.82) is 0 Å².